The Labute approximate surface area is 200 Å². The lowest BCUT2D eigenvalue weighted by Crippen LogP contribution is -2.16. The summed E-state index contributed by atoms with van der Waals surface area (Å²) >= 11 is 0. The van der Waals surface area contributed by atoms with Crippen molar-refractivity contribution in [1.29, 1.82) is 0 Å². The van der Waals surface area contributed by atoms with E-state index < -0.39 is 6.36 Å². The summed E-state index contributed by atoms with van der Waals surface area (Å²) in [6.07, 6.45) is -3.09. The topological polar surface area (TPSA) is 88.1 Å². The lowest BCUT2D eigenvalue weighted by Gasteiger charge is -2.08. The average molecular weight is 487 g/mol. The van der Waals surface area contributed by atoms with Crippen LogP contribution in [0.5, 0.6) is 11.5 Å². The largest absolute Gasteiger partial charge is 0.573 e. The number of halogens is 3. The third kappa shape index (κ3) is 6.92. The Morgan fingerprint density at radius 3 is 2.46 bits per heavy atom. The molecule has 0 spiro atoms. The molecule has 184 valence electrons. The van der Waals surface area contributed by atoms with Gasteiger partial charge in [-0.2, -0.15) is 4.98 Å². The van der Waals surface area contributed by atoms with Crippen molar-refractivity contribution in [1.82, 2.24) is 24.9 Å². The van der Waals surface area contributed by atoms with Crippen molar-refractivity contribution in [3.8, 4) is 34.6 Å². The van der Waals surface area contributed by atoms with E-state index in [9.17, 15) is 13.2 Å². The van der Waals surface area contributed by atoms with E-state index in [4.69, 9.17) is 9.26 Å². The van der Waals surface area contributed by atoms with E-state index in [2.05, 4.69) is 31.5 Å². The van der Waals surface area contributed by atoms with Crippen molar-refractivity contribution in [2.75, 3.05) is 6.61 Å². The Hall–Kier alpha value is -4.15. The number of alkyl halides is 3. The van der Waals surface area contributed by atoms with Crippen LogP contribution in [0, 0.1) is 6.92 Å². The van der Waals surface area contributed by atoms with Crippen LogP contribution in [0.25, 0.3) is 23.1 Å². The molecule has 0 radical (unpaired) electrons. The molecule has 4 aromatic rings. The van der Waals surface area contributed by atoms with Gasteiger partial charge in [0.1, 0.15) is 23.9 Å². The van der Waals surface area contributed by atoms with Gasteiger partial charge in [-0.15, -0.1) is 18.3 Å². The molecule has 0 saturated carbocycles. The number of nitrogens with zero attached hydrogens (tertiary/aromatic N) is 5. The van der Waals surface area contributed by atoms with Crippen molar-refractivity contribution in [2.24, 2.45) is 0 Å². The smallest absolute Gasteiger partial charge is 0.490 e. The summed E-state index contributed by atoms with van der Waals surface area (Å²) in [7, 11) is 0. The van der Waals surface area contributed by atoms with Gasteiger partial charge in [-0.25, -0.2) is 9.67 Å². The highest BCUT2D eigenvalue weighted by Gasteiger charge is 2.31. The van der Waals surface area contributed by atoms with Crippen LogP contribution >= 0.6 is 0 Å². The summed E-state index contributed by atoms with van der Waals surface area (Å²) in [5.41, 5.74) is 1.41. The SMILES string of the molecule is C=CCOc1cccc(Cn2nc(-c3nc(-c4ccc(OC(F)(F)F)cc4)no3)nc2C)c1.CC. The van der Waals surface area contributed by atoms with Gasteiger partial charge < -0.3 is 14.0 Å². The van der Waals surface area contributed by atoms with Crippen molar-refractivity contribution in [3.63, 3.8) is 0 Å². The molecule has 0 bridgehead atoms. The fourth-order valence-corrected chi connectivity index (χ4v) is 2.96. The van der Waals surface area contributed by atoms with E-state index in [0.29, 0.717) is 24.5 Å². The fourth-order valence-electron chi connectivity index (χ4n) is 2.96. The monoisotopic (exact) mass is 487 g/mol. The standard InChI is InChI=1S/C22H18F3N5O3.C2H6/c1-3-11-31-18-6-4-5-15(12-18)13-30-14(2)26-20(28-30)21-27-19(29-33-21)16-7-9-17(10-8-16)32-22(23,24)25;1-2/h3-10,12H,1,11,13H2,2H3;1-2H3. The molecule has 0 saturated heterocycles. The van der Waals surface area contributed by atoms with Crippen LogP contribution < -0.4 is 9.47 Å². The zero-order valence-electron chi connectivity index (χ0n) is 19.4. The number of hydrogen-bond acceptors (Lipinski definition) is 7. The third-order valence-corrected chi connectivity index (χ3v) is 4.42. The normalized spacial score (nSPS) is 10.9. The fraction of sp³-hybridized carbons (Fsp3) is 0.250. The average Bonchev–Trinajstić information content (AvgIpc) is 3.46. The lowest BCUT2D eigenvalue weighted by molar-refractivity contribution is -0.274. The lowest BCUT2D eigenvalue weighted by atomic mass is 10.2. The first-order valence-corrected chi connectivity index (χ1v) is 10.7. The number of aromatic nitrogens is 5. The van der Waals surface area contributed by atoms with Crippen molar-refractivity contribution in [3.05, 3.63) is 72.6 Å². The summed E-state index contributed by atoms with van der Waals surface area (Å²) in [4.78, 5) is 8.63. The molecule has 0 N–H and O–H groups in total. The molecule has 0 aliphatic carbocycles. The van der Waals surface area contributed by atoms with Gasteiger partial charge in [-0.05, 0) is 48.9 Å². The summed E-state index contributed by atoms with van der Waals surface area (Å²) < 4.78 is 53.3. The molecule has 4 rings (SSSR count). The van der Waals surface area contributed by atoms with Gasteiger partial charge in [-0.3, -0.25) is 0 Å². The van der Waals surface area contributed by atoms with Gasteiger partial charge >= 0.3 is 6.36 Å². The molecule has 0 fully saturated rings. The van der Waals surface area contributed by atoms with Crippen LogP contribution in [0.15, 0.2) is 65.7 Å². The molecule has 11 heteroatoms. The molecule has 0 aliphatic rings. The molecule has 2 heterocycles. The highest BCUT2D eigenvalue weighted by atomic mass is 19.4. The Balaban J connectivity index is 0.00000167. The zero-order chi connectivity index (χ0) is 25.4. The minimum absolute atomic E-state index is 0.0885. The minimum Gasteiger partial charge on any atom is -0.490 e. The van der Waals surface area contributed by atoms with Crippen LogP contribution in [0.4, 0.5) is 13.2 Å². The van der Waals surface area contributed by atoms with Crippen LogP contribution in [-0.2, 0) is 6.54 Å². The second kappa shape index (κ2) is 11.3. The summed E-state index contributed by atoms with van der Waals surface area (Å²) in [6.45, 7) is 10.3. The maximum absolute atomic E-state index is 12.3. The van der Waals surface area contributed by atoms with Gasteiger partial charge in [0.15, 0.2) is 0 Å². The maximum Gasteiger partial charge on any atom is 0.573 e. The summed E-state index contributed by atoms with van der Waals surface area (Å²) in [6, 6.07) is 12.7. The minimum atomic E-state index is -4.76. The Kier molecular flexibility index (Phi) is 8.24. The highest BCUT2D eigenvalue weighted by molar-refractivity contribution is 5.57. The first kappa shape index (κ1) is 25.5. The van der Waals surface area contributed by atoms with E-state index in [1.54, 1.807) is 17.7 Å². The van der Waals surface area contributed by atoms with Crippen LogP contribution in [-0.4, -0.2) is 37.9 Å². The van der Waals surface area contributed by atoms with Gasteiger partial charge in [0.05, 0.1) is 6.54 Å². The summed E-state index contributed by atoms with van der Waals surface area (Å²) in [5, 5.41) is 8.30. The molecule has 35 heavy (non-hydrogen) atoms. The predicted octanol–water partition coefficient (Wildman–Crippen LogP) is 5.84. The number of ether oxygens (including phenoxy) is 2. The first-order valence-electron chi connectivity index (χ1n) is 10.7. The van der Waals surface area contributed by atoms with Crippen LogP contribution in [0.2, 0.25) is 0 Å². The van der Waals surface area contributed by atoms with E-state index in [1.807, 2.05) is 38.1 Å². The molecule has 0 atom stereocenters. The molecular formula is C24H24F3N5O3. The quantitative estimate of drug-likeness (QED) is 0.289. The number of benzene rings is 2. The molecule has 0 aliphatic heterocycles. The molecule has 0 unspecified atom stereocenters. The predicted molar refractivity (Wildman–Crippen MR) is 123 cm³/mol. The Bertz CT molecular complexity index is 1250. The Morgan fingerprint density at radius 2 is 1.77 bits per heavy atom. The highest BCUT2D eigenvalue weighted by Crippen LogP contribution is 2.26. The van der Waals surface area contributed by atoms with Gasteiger partial charge in [-0.1, -0.05) is 43.8 Å². The number of rotatable bonds is 8. The van der Waals surface area contributed by atoms with Gasteiger partial charge in [0, 0.05) is 5.56 Å². The first-order chi connectivity index (χ1) is 16.8. The number of hydrogen-bond donors (Lipinski definition) is 0. The Morgan fingerprint density at radius 1 is 1.03 bits per heavy atom. The maximum atomic E-state index is 12.3. The van der Waals surface area contributed by atoms with E-state index in [0.717, 1.165) is 11.3 Å². The van der Waals surface area contributed by atoms with E-state index in [-0.39, 0.29) is 23.3 Å². The van der Waals surface area contributed by atoms with Crippen molar-refractivity contribution >= 4 is 0 Å². The number of aryl methyl sites for hydroxylation is 1. The molecule has 0 amide bonds. The van der Waals surface area contributed by atoms with E-state index >= 15 is 0 Å². The molecule has 2 aromatic heterocycles. The second-order valence-electron chi connectivity index (χ2n) is 6.88. The second-order valence-corrected chi connectivity index (χ2v) is 6.88. The molecule has 8 nitrogen and oxygen atoms in total. The van der Waals surface area contributed by atoms with Crippen molar-refractivity contribution < 1.29 is 27.2 Å². The van der Waals surface area contributed by atoms with Gasteiger partial charge in [0.25, 0.3) is 5.89 Å². The van der Waals surface area contributed by atoms with Crippen LogP contribution in [0.3, 0.4) is 0 Å². The van der Waals surface area contributed by atoms with E-state index in [1.165, 1.54) is 24.3 Å². The molecular weight excluding hydrogens is 463 g/mol. The third-order valence-electron chi connectivity index (χ3n) is 4.42. The van der Waals surface area contributed by atoms with Crippen LogP contribution in [0.1, 0.15) is 25.2 Å². The van der Waals surface area contributed by atoms with Gasteiger partial charge in [0.2, 0.25) is 11.6 Å². The summed E-state index contributed by atoms with van der Waals surface area (Å²) in [5.74, 6) is 1.52. The molecule has 2 aromatic carbocycles. The van der Waals surface area contributed by atoms with Crippen molar-refractivity contribution in [2.45, 2.75) is 33.7 Å². The zero-order valence-corrected chi connectivity index (χ0v) is 19.4.